The van der Waals surface area contributed by atoms with E-state index < -0.39 is 0 Å². The average molecular weight is 339 g/mol. The van der Waals surface area contributed by atoms with E-state index in [1.165, 1.54) is 29.8 Å². The van der Waals surface area contributed by atoms with Crippen LogP contribution in [-0.2, 0) is 38.8 Å². The molecule has 3 heterocycles. The lowest BCUT2D eigenvalue weighted by molar-refractivity contribution is 0.213. The van der Waals surface area contributed by atoms with Crippen molar-refractivity contribution in [1.29, 1.82) is 0 Å². The third-order valence-corrected chi connectivity index (χ3v) is 6.15. The van der Waals surface area contributed by atoms with Gasteiger partial charge in [0.25, 0.3) is 5.56 Å². The van der Waals surface area contributed by atoms with Crippen molar-refractivity contribution >= 4 is 0 Å². The molecular formula is C19H25N5O. The van der Waals surface area contributed by atoms with Crippen molar-refractivity contribution in [1.82, 2.24) is 24.9 Å². The van der Waals surface area contributed by atoms with Gasteiger partial charge in [-0.05, 0) is 69.0 Å². The monoisotopic (exact) mass is 339 g/mol. The maximum absolute atomic E-state index is 12.4. The fraction of sp³-hybridized carbons (Fsp3) is 0.632. The number of likely N-dealkylation sites (tertiary alicyclic amines) is 1. The van der Waals surface area contributed by atoms with Crippen molar-refractivity contribution in [2.75, 3.05) is 6.54 Å². The van der Waals surface area contributed by atoms with Crippen molar-refractivity contribution in [2.24, 2.45) is 0 Å². The van der Waals surface area contributed by atoms with Crippen LogP contribution in [0.2, 0.25) is 0 Å². The van der Waals surface area contributed by atoms with E-state index in [2.05, 4.69) is 20.2 Å². The number of nitrogens with zero attached hydrogens (tertiary/aromatic N) is 4. The van der Waals surface area contributed by atoms with Gasteiger partial charge in [0.1, 0.15) is 0 Å². The smallest absolute Gasteiger partial charge is 0.267 e. The molecule has 3 aliphatic rings. The molecule has 0 saturated carbocycles. The minimum Gasteiger partial charge on any atom is -0.293 e. The summed E-state index contributed by atoms with van der Waals surface area (Å²) >= 11 is 0. The standard InChI is InChI=1S/C19H25N5O/c25-19-10-13-4-1-7-16(13)22-24(19)11-14-5-3-9-23(14)12-18-15-6-2-8-17(15)20-21-18/h10,14H,1-9,11-12H2,(H,20,21). The van der Waals surface area contributed by atoms with Gasteiger partial charge >= 0.3 is 0 Å². The second-order valence-corrected chi connectivity index (χ2v) is 7.74. The lowest BCUT2D eigenvalue weighted by atomic mass is 10.1. The Kier molecular flexibility index (Phi) is 3.73. The molecule has 1 unspecified atom stereocenters. The van der Waals surface area contributed by atoms with Gasteiger partial charge in [0.05, 0.1) is 17.9 Å². The molecule has 132 valence electrons. The fourth-order valence-corrected chi connectivity index (χ4v) is 4.79. The summed E-state index contributed by atoms with van der Waals surface area (Å²) in [6, 6.07) is 2.20. The van der Waals surface area contributed by atoms with Crippen LogP contribution in [0.4, 0.5) is 0 Å². The molecule has 25 heavy (non-hydrogen) atoms. The zero-order valence-corrected chi connectivity index (χ0v) is 14.6. The molecule has 0 spiro atoms. The summed E-state index contributed by atoms with van der Waals surface area (Å²) in [7, 11) is 0. The molecule has 1 N–H and O–H groups in total. The maximum atomic E-state index is 12.4. The number of aromatic nitrogens is 4. The number of nitrogens with one attached hydrogen (secondary N) is 1. The minimum atomic E-state index is 0.0631. The third kappa shape index (κ3) is 2.72. The molecule has 2 aliphatic carbocycles. The fourth-order valence-electron chi connectivity index (χ4n) is 4.79. The summed E-state index contributed by atoms with van der Waals surface area (Å²) in [6.07, 6.45) is 9.03. The Hall–Kier alpha value is -1.95. The van der Waals surface area contributed by atoms with Gasteiger partial charge in [0.15, 0.2) is 0 Å². The molecule has 2 aromatic rings. The van der Waals surface area contributed by atoms with Crippen LogP contribution in [0.1, 0.15) is 53.9 Å². The van der Waals surface area contributed by atoms with E-state index in [4.69, 9.17) is 0 Å². The van der Waals surface area contributed by atoms with Gasteiger partial charge < -0.3 is 0 Å². The van der Waals surface area contributed by atoms with Crippen molar-refractivity contribution in [3.63, 3.8) is 0 Å². The zero-order valence-electron chi connectivity index (χ0n) is 14.6. The number of fused-ring (bicyclic) bond motifs is 2. The van der Waals surface area contributed by atoms with Gasteiger partial charge in [-0.15, -0.1) is 0 Å². The van der Waals surface area contributed by atoms with Gasteiger partial charge in [-0.3, -0.25) is 14.8 Å². The minimum absolute atomic E-state index is 0.0631. The molecule has 0 bridgehead atoms. The predicted molar refractivity (Wildman–Crippen MR) is 94.6 cm³/mol. The van der Waals surface area contributed by atoms with E-state index in [0.717, 1.165) is 62.9 Å². The van der Waals surface area contributed by atoms with Crippen LogP contribution in [-0.4, -0.2) is 37.5 Å². The van der Waals surface area contributed by atoms with Gasteiger partial charge in [0, 0.05) is 24.3 Å². The number of H-pyrrole nitrogens is 1. The highest BCUT2D eigenvalue weighted by atomic mass is 16.1. The van der Waals surface area contributed by atoms with Crippen LogP contribution in [0, 0.1) is 0 Å². The van der Waals surface area contributed by atoms with Gasteiger partial charge in [0.2, 0.25) is 0 Å². The van der Waals surface area contributed by atoms with Crippen molar-refractivity contribution in [3.8, 4) is 0 Å². The van der Waals surface area contributed by atoms with Crippen LogP contribution >= 0.6 is 0 Å². The second kappa shape index (κ2) is 6.09. The number of hydrogen-bond acceptors (Lipinski definition) is 4. The van der Waals surface area contributed by atoms with E-state index in [-0.39, 0.29) is 5.56 Å². The summed E-state index contributed by atoms with van der Waals surface area (Å²) in [5, 5.41) is 12.4. The van der Waals surface area contributed by atoms with Crippen molar-refractivity contribution < 1.29 is 0 Å². The van der Waals surface area contributed by atoms with Gasteiger partial charge in [-0.2, -0.15) is 10.2 Å². The lowest BCUT2D eigenvalue weighted by Gasteiger charge is -2.24. The Morgan fingerprint density at radius 2 is 2.08 bits per heavy atom. The summed E-state index contributed by atoms with van der Waals surface area (Å²) in [5.41, 5.74) is 6.36. The average Bonchev–Trinajstić information content (AvgIpc) is 3.35. The molecule has 6 heteroatoms. The Balaban J connectivity index is 1.34. The number of rotatable bonds is 4. The summed E-state index contributed by atoms with van der Waals surface area (Å²) in [5.74, 6) is 0. The largest absolute Gasteiger partial charge is 0.293 e. The first-order valence-corrected chi connectivity index (χ1v) is 9.67. The molecule has 1 aliphatic heterocycles. The van der Waals surface area contributed by atoms with E-state index in [0.29, 0.717) is 12.6 Å². The van der Waals surface area contributed by atoms with Crippen LogP contribution in [0.5, 0.6) is 0 Å². The Bertz CT molecular complexity index is 852. The molecule has 6 nitrogen and oxygen atoms in total. The first-order chi connectivity index (χ1) is 12.3. The normalized spacial score (nSPS) is 22.5. The Morgan fingerprint density at radius 1 is 1.16 bits per heavy atom. The number of hydrogen-bond donors (Lipinski definition) is 1. The van der Waals surface area contributed by atoms with E-state index >= 15 is 0 Å². The first-order valence-electron chi connectivity index (χ1n) is 9.67. The van der Waals surface area contributed by atoms with E-state index in [1.807, 2.05) is 6.07 Å². The first kappa shape index (κ1) is 15.3. The van der Waals surface area contributed by atoms with Gasteiger partial charge in [-0.1, -0.05) is 0 Å². The molecule has 0 radical (unpaired) electrons. The van der Waals surface area contributed by atoms with E-state index in [1.54, 1.807) is 4.68 Å². The molecule has 1 fully saturated rings. The number of aromatic amines is 1. The molecule has 1 atom stereocenters. The Morgan fingerprint density at radius 3 is 3.04 bits per heavy atom. The predicted octanol–water partition coefficient (Wildman–Crippen LogP) is 1.61. The molecule has 5 rings (SSSR count). The highest BCUT2D eigenvalue weighted by molar-refractivity contribution is 5.29. The highest BCUT2D eigenvalue weighted by Gasteiger charge is 2.28. The quantitative estimate of drug-likeness (QED) is 0.919. The van der Waals surface area contributed by atoms with E-state index in [9.17, 15) is 4.79 Å². The summed E-state index contributed by atoms with van der Waals surface area (Å²) in [4.78, 5) is 14.9. The zero-order chi connectivity index (χ0) is 16.8. The molecule has 0 aromatic carbocycles. The molecular weight excluding hydrogens is 314 g/mol. The van der Waals surface area contributed by atoms with Crippen LogP contribution < -0.4 is 5.56 Å². The number of aryl methyl sites for hydroxylation is 3. The lowest BCUT2D eigenvalue weighted by Crippen LogP contribution is -2.37. The van der Waals surface area contributed by atoms with Gasteiger partial charge in [-0.25, -0.2) is 4.68 Å². The Labute approximate surface area is 147 Å². The SMILES string of the molecule is O=c1cc2c(nn1CC1CCCN1Cc1n[nH]c3c1CCC3)CCC2. The molecule has 0 amide bonds. The van der Waals surface area contributed by atoms with Crippen LogP contribution in [0.3, 0.4) is 0 Å². The van der Waals surface area contributed by atoms with Crippen LogP contribution in [0.25, 0.3) is 0 Å². The molecule has 2 aromatic heterocycles. The van der Waals surface area contributed by atoms with Crippen LogP contribution in [0.15, 0.2) is 10.9 Å². The molecule has 1 saturated heterocycles. The summed E-state index contributed by atoms with van der Waals surface area (Å²) < 4.78 is 1.71. The summed E-state index contributed by atoms with van der Waals surface area (Å²) in [6.45, 7) is 2.70. The van der Waals surface area contributed by atoms with Crippen molar-refractivity contribution in [2.45, 2.75) is 70.5 Å². The highest BCUT2D eigenvalue weighted by Crippen LogP contribution is 2.27. The maximum Gasteiger partial charge on any atom is 0.267 e. The third-order valence-electron chi connectivity index (χ3n) is 6.15. The second-order valence-electron chi connectivity index (χ2n) is 7.74. The topological polar surface area (TPSA) is 66.8 Å². The van der Waals surface area contributed by atoms with Crippen molar-refractivity contribution in [3.05, 3.63) is 44.6 Å².